The number of carboxylic acids is 1. The molecule has 0 saturated carbocycles. The number of nitrogens with one attached hydrogen (secondary N) is 1. The highest BCUT2D eigenvalue weighted by atomic mass is 16.6. The zero-order valence-electron chi connectivity index (χ0n) is 9.66. The molecule has 0 saturated heterocycles. The largest absolute Gasteiger partial charge is 0.477 e. The van der Waals surface area contributed by atoms with Crippen LogP contribution in [0.1, 0.15) is 17.4 Å². The average molecular weight is 255 g/mol. The minimum Gasteiger partial charge on any atom is -0.477 e. The molecule has 0 aliphatic rings. The minimum atomic E-state index is -1.26. The van der Waals surface area contributed by atoms with Gasteiger partial charge in [-0.25, -0.2) is 9.78 Å². The summed E-state index contributed by atoms with van der Waals surface area (Å²) in [5, 5.41) is 31.0. The maximum Gasteiger partial charge on any atom is 0.354 e. The molecule has 0 aromatic carbocycles. The van der Waals surface area contributed by atoms with Crippen LogP contribution in [-0.4, -0.2) is 39.2 Å². The highest BCUT2D eigenvalue weighted by Crippen LogP contribution is 2.22. The molecule has 98 valence electrons. The van der Waals surface area contributed by atoms with Crippen LogP contribution >= 0.6 is 0 Å². The maximum atomic E-state index is 10.7. The van der Waals surface area contributed by atoms with Gasteiger partial charge in [0.05, 0.1) is 4.92 Å². The van der Waals surface area contributed by atoms with Gasteiger partial charge in [0, 0.05) is 19.2 Å². The van der Waals surface area contributed by atoms with E-state index >= 15 is 0 Å². The SMILES string of the molecule is CC(CO)CNc1nc(C(=O)O)ccc1[N+](=O)[O-]. The lowest BCUT2D eigenvalue weighted by atomic mass is 10.2. The molecule has 1 heterocycles. The molecule has 0 aliphatic heterocycles. The van der Waals surface area contributed by atoms with Crippen LogP contribution in [0.2, 0.25) is 0 Å². The Morgan fingerprint density at radius 1 is 1.61 bits per heavy atom. The summed E-state index contributed by atoms with van der Waals surface area (Å²) in [5.41, 5.74) is -0.579. The van der Waals surface area contributed by atoms with E-state index in [0.29, 0.717) is 0 Å². The van der Waals surface area contributed by atoms with Crippen molar-refractivity contribution in [1.82, 2.24) is 4.98 Å². The number of carboxylic acid groups (broad SMARTS) is 1. The molecule has 1 aromatic heterocycles. The maximum absolute atomic E-state index is 10.7. The molecular formula is C10H13N3O5. The first kappa shape index (κ1) is 13.8. The number of carbonyl (C=O) groups is 1. The number of pyridine rings is 1. The lowest BCUT2D eigenvalue weighted by Crippen LogP contribution is -2.17. The normalized spacial score (nSPS) is 11.9. The number of hydrogen-bond acceptors (Lipinski definition) is 6. The number of nitro groups is 1. The van der Waals surface area contributed by atoms with Crippen LogP contribution in [0.15, 0.2) is 12.1 Å². The van der Waals surface area contributed by atoms with Gasteiger partial charge in [-0.3, -0.25) is 10.1 Å². The van der Waals surface area contributed by atoms with Gasteiger partial charge in [0.2, 0.25) is 5.82 Å². The van der Waals surface area contributed by atoms with E-state index in [1.165, 1.54) is 0 Å². The van der Waals surface area contributed by atoms with E-state index in [1.54, 1.807) is 6.92 Å². The van der Waals surface area contributed by atoms with Gasteiger partial charge in [0.15, 0.2) is 5.69 Å². The summed E-state index contributed by atoms with van der Waals surface area (Å²) in [6.45, 7) is 1.91. The third-order valence-corrected chi connectivity index (χ3v) is 2.22. The van der Waals surface area contributed by atoms with E-state index in [9.17, 15) is 14.9 Å². The Morgan fingerprint density at radius 3 is 2.78 bits per heavy atom. The Bertz CT molecular complexity index is 463. The fraction of sp³-hybridized carbons (Fsp3) is 0.400. The standard InChI is InChI=1S/C10H13N3O5/c1-6(5-14)4-11-9-8(13(17)18)3-2-7(12-9)10(15)16/h2-3,6,14H,4-5H2,1H3,(H,11,12)(H,15,16). The number of anilines is 1. The molecule has 18 heavy (non-hydrogen) atoms. The predicted molar refractivity (Wildman–Crippen MR) is 62.6 cm³/mol. The van der Waals surface area contributed by atoms with Crippen molar-refractivity contribution in [1.29, 1.82) is 0 Å². The molecule has 8 nitrogen and oxygen atoms in total. The van der Waals surface area contributed by atoms with E-state index in [-0.39, 0.29) is 36.3 Å². The van der Waals surface area contributed by atoms with Crippen molar-refractivity contribution in [3.63, 3.8) is 0 Å². The van der Waals surface area contributed by atoms with Crippen LogP contribution in [0.5, 0.6) is 0 Å². The van der Waals surface area contributed by atoms with Crippen LogP contribution < -0.4 is 5.32 Å². The van der Waals surface area contributed by atoms with Gasteiger partial charge >= 0.3 is 11.7 Å². The van der Waals surface area contributed by atoms with Crippen molar-refractivity contribution in [2.24, 2.45) is 5.92 Å². The summed E-state index contributed by atoms with van der Waals surface area (Å²) in [5.74, 6) is -1.50. The van der Waals surface area contributed by atoms with Crippen molar-refractivity contribution in [2.45, 2.75) is 6.92 Å². The van der Waals surface area contributed by atoms with Gasteiger partial charge in [0.1, 0.15) is 0 Å². The number of hydrogen-bond donors (Lipinski definition) is 3. The van der Waals surface area contributed by atoms with Crippen molar-refractivity contribution < 1.29 is 19.9 Å². The number of aliphatic hydroxyl groups is 1. The molecular weight excluding hydrogens is 242 g/mol. The van der Waals surface area contributed by atoms with E-state index < -0.39 is 10.9 Å². The molecule has 0 amide bonds. The molecule has 0 radical (unpaired) electrons. The molecule has 1 rings (SSSR count). The third kappa shape index (κ3) is 3.39. The smallest absolute Gasteiger partial charge is 0.354 e. The quantitative estimate of drug-likeness (QED) is 0.505. The van der Waals surface area contributed by atoms with Crippen molar-refractivity contribution in [2.75, 3.05) is 18.5 Å². The summed E-state index contributed by atoms with van der Waals surface area (Å²) in [7, 11) is 0. The van der Waals surface area contributed by atoms with Crippen LogP contribution in [0.25, 0.3) is 0 Å². The van der Waals surface area contributed by atoms with Crippen LogP contribution in [0.3, 0.4) is 0 Å². The van der Waals surface area contributed by atoms with Crippen LogP contribution in [-0.2, 0) is 0 Å². The van der Waals surface area contributed by atoms with Crippen molar-refractivity contribution >= 4 is 17.5 Å². The molecule has 3 N–H and O–H groups in total. The van der Waals surface area contributed by atoms with Crippen molar-refractivity contribution in [3.8, 4) is 0 Å². The molecule has 0 spiro atoms. The van der Waals surface area contributed by atoms with Crippen LogP contribution in [0, 0.1) is 16.0 Å². The topological polar surface area (TPSA) is 126 Å². The van der Waals surface area contributed by atoms with E-state index in [4.69, 9.17) is 10.2 Å². The van der Waals surface area contributed by atoms with Gasteiger partial charge in [-0.1, -0.05) is 6.92 Å². The molecule has 8 heteroatoms. The zero-order chi connectivity index (χ0) is 13.7. The molecule has 1 aromatic rings. The monoisotopic (exact) mass is 255 g/mol. The first-order chi connectivity index (χ1) is 8.45. The Morgan fingerprint density at radius 2 is 2.28 bits per heavy atom. The van der Waals surface area contributed by atoms with Crippen LogP contribution in [0.4, 0.5) is 11.5 Å². The number of aromatic carboxylic acids is 1. The Hall–Kier alpha value is -2.22. The van der Waals surface area contributed by atoms with Gasteiger partial charge < -0.3 is 15.5 Å². The lowest BCUT2D eigenvalue weighted by Gasteiger charge is -2.10. The second-order valence-electron chi connectivity index (χ2n) is 3.80. The third-order valence-electron chi connectivity index (χ3n) is 2.22. The molecule has 0 aliphatic carbocycles. The zero-order valence-corrected chi connectivity index (χ0v) is 9.66. The lowest BCUT2D eigenvalue weighted by molar-refractivity contribution is -0.384. The number of rotatable bonds is 6. The van der Waals surface area contributed by atoms with E-state index in [1.807, 2.05) is 0 Å². The molecule has 0 bridgehead atoms. The van der Waals surface area contributed by atoms with Gasteiger partial charge in [0.25, 0.3) is 0 Å². The Kier molecular flexibility index (Phi) is 4.55. The predicted octanol–water partition coefficient (Wildman–Crippen LogP) is 0.728. The first-order valence-electron chi connectivity index (χ1n) is 5.19. The number of aromatic nitrogens is 1. The van der Waals surface area contributed by atoms with E-state index in [2.05, 4.69) is 10.3 Å². The van der Waals surface area contributed by atoms with Gasteiger partial charge in [-0.05, 0) is 12.0 Å². The first-order valence-corrected chi connectivity index (χ1v) is 5.19. The fourth-order valence-corrected chi connectivity index (χ4v) is 1.18. The van der Waals surface area contributed by atoms with Gasteiger partial charge in [-0.2, -0.15) is 0 Å². The summed E-state index contributed by atoms with van der Waals surface area (Å²) >= 11 is 0. The fourth-order valence-electron chi connectivity index (χ4n) is 1.18. The van der Waals surface area contributed by atoms with E-state index in [0.717, 1.165) is 12.1 Å². The molecule has 1 atom stereocenters. The highest BCUT2D eigenvalue weighted by Gasteiger charge is 2.18. The summed E-state index contributed by atoms with van der Waals surface area (Å²) in [6, 6.07) is 2.16. The highest BCUT2D eigenvalue weighted by molar-refractivity contribution is 5.86. The minimum absolute atomic E-state index is 0.0839. The van der Waals surface area contributed by atoms with Crippen molar-refractivity contribution in [3.05, 3.63) is 27.9 Å². The molecule has 1 unspecified atom stereocenters. The summed E-state index contributed by atoms with van der Waals surface area (Å²) in [4.78, 5) is 24.5. The Labute approximate surface area is 102 Å². The number of aliphatic hydroxyl groups excluding tert-OH is 1. The summed E-state index contributed by atoms with van der Waals surface area (Å²) < 4.78 is 0. The summed E-state index contributed by atoms with van der Waals surface area (Å²) in [6.07, 6.45) is 0. The second-order valence-corrected chi connectivity index (χ2v) is 3.80. The average Bonchev–Trinajstić information content (AvgIpc) is 2.35. The number of nitrogens with zero attached hydrogens (tertiary/aromatic N) is 2. The second kappa shape index (κ2) is 5.92. The van der Waals surface area contributed by atoms with Gasteiger partial charge in [-0.15, -0.1) is 0 Å². The molecule has 0 fully saturated rings. The Balaban J connectivity index is 3.00.